The van der Waals surface area contributed by atoms with E-state index in [1.165, 1.54) is 56.5 Å². The van der Waals surface area contributed by atoms with E-state index in [9.17, 15) is 21.4 Å². The lowest BCUT2D eigenvalue weighted by molar-refractivity contribution is -0.432. The fraction of sp³-hybridized carbons (Fsp3) is 0.100. The van der Waals surface area contributed by atoms with Crippen molar-refractivity contribution in [1.29, 1.82) is 0 Å². The maximum atomic E-state index is 13.2. The largest absolute Gasteiger partial charge is 0.495 e. The Morgan fingerprint density at radius 1 is 0.757 bits per heavy atom. The van der Waals surface area contributed by atoms with E-state index in [0.29, 0.717) is 34.7 Å². The summed E-state index contributed by atoms with van der Waals surface area (Å²) in [5.41, 5.74) is 0.155. The topological polar surface area (TPSA) is 184 Å². The van der Waals surface area contributed by atoms with E-state index in [-0.39, 0.29) is 26.9 Å². The zero-order chi connectivity index (χ0) is 27.2. The second-order valence-electron chi connectivity index (χ2n) is 6.88. The van der Waals surface area contributed by atoms with E-state index in [1.54, 1.807) is 0 Å². The minimum absolute atomic E-state index is 0.0391. The first-order chi connectivity index (χ1) is 17.5. The van der Waals surface area contributed by atoms with Crippen LogP contribution in [-0.4, -0.2) is 39.0 Å². The average Bonchev–Trinajstić information content (AvgIpc) is 2.86. The summed E-state index contributed by atoms with van der Waals surface area (Å²) in [6, 6.07) is 11.4. The van der Waals surface area contributed by atoms with Crippen LogP contribution in [-0.2, 0) is 38.7 Å². The third kappa shape index (κ3) is 7.12. The summed E-state index contributed by atoms with van der Waals surface area (Å²) in [5.74, 6) is 0.664. The molecular weight excluding hydrogens is 576 g/mol. The normalized spacial score (nSPS) is 11.9. The van der Waals surface area contributed by atoms with Gasteiger partial charge in [-0.2, -0.15) is 8.42 Å². The second kappa shape index (κ2) is 12.4. The number of aryl methyl sites for hydroxylation is 1. The Hall–Kier alpha value is -2.42. The van der Waals surface area contributed by atoms with Crippen LogP contribution in [0.5, 0.6) is 17.2 Å². The van der Waals surface area contributed by atoms with Crippen LogP contribution in [0.25, 0.3) is 0 Å². The molecule has 0 bridgehead atoms. The van der Waals surface area contributed by atoms with Crippen LogP contribution < -0.4 is 9.47 Å². The van der Waals surface area contributed by atoms with Gasteiger partial charge in [0.05, 0.1) is 55.7 Å². The molecule has 0 aromatic heterocycles. The summed E-state index contributed by atoms with van der Waals surface area (Å²) in [4.78, 5) is -0.835. The van der Waals surface area contributed by atoms with Crippen LogP contribution in [0.3, 0.4) is 0 Å². The number of sulfone groups is 1. The smallest absolute Gasteiger partial charge is 0.294 e. The van der Waals surface area contributed by atoms with Gasteiger partial charge in [-0.15, -0.1) is 8.67 Å². The summed E-state index contributed by atoms with van der Waals surface area (Å²) >= 11 is 1.04. The Bertz CT molecular complexity index is 1470. The number of benzene rings is 3. The molecule has 0 unspecified atom stereocenters. The number of methoxy groups -OCH3 is 1. The molecule has 3 aromatic carbocycles. The van der Waals surface area contributed by atoms with Crippen molar-refractivity contribution in [2.45, 2.75) is 31.4 Å². The van der Waals surface area contributed by atoms with Gasteiger partial charge in [0.1, 0.15) is 17.2 Å². The maximum absolute atomic E-state index is 13.2. The first-order valence-corrected chi connectivity index (χ1v) is 14.0. The van der Waals surface area contributed by atoms with Crippen molar-refractivity contribution in [2.24, 2.45) is 0 Å². The van der Waals surface area contributed by atoms with Crippen LogP contribution in [0, 0.1) is 6.92 Å². The van der Waals surface area contributed by atoms with Crippen LogP contribution in [0.4, 0.5) is 0 Å². The Labute approximate surface area is 219 Å². The van der Waals surface area contributed by atoms with Crippen LogP contribution in [0.2, 0.25) is 0 Å². The summed E-state index contributed by atoms with van der Waals surface area (Å²) in [7, 11) is -7.54. The standard InChI is InChI=1S/C20H18O13S4/c1-12-3-5-15(11-20(12)37(25,26)27)36(23,24)14-6-8-17(19(10-14)35-33-31-22)29-13-4-7-16(28-2)18(9-13)34-32-30-21/h3-11,21-22H,1-2H3,(H,25,26,27). The van der Waals surface area contributed by atoms with Gasteiger partial charge in [0.2, 0.25) is 9.84 Å². The zero-order valence-corrected chi connectivity index (χ0v) is 22.0. The second-order valence-corrected chi connectivity index (χ2v) is 11.7. The summed E-state index contributed by atoms with van der Waals surface area (Å²) < 4.78 is 79.0. The monoisotopic (exact) mass is 594 g/mol. The number of rotatable bonds is 12. The third-order valence-electron chi connectivity index (χ3n) is 4.64. The predicted molar refractivity (Wildman–Crippen MR) is 127 cm³/mol. The molecule has 3 N–H and O–H groups in total. The summed E-state index contributed by atoms with van der Waals surface area (Å²) in [5, 5.41) is 24.2. The highest BCUT2D eigenvalue weighted by molar-refractivity contribution is 7.95. The van der Waals surface area contributed by atoms with Gasteiger partial charge in [-0.05, 0) is 55.0 Å². The van der Waals surface area contributed by atoms with Gasteiger partial charge >= 0.3 is 0 Å². The fourth-order valence-corrected chi connectivity index (χ4v) is 6.17. The number of hydrogen-bond acceptors (Lipinski definition) is 14. The molecule has 0 atom stereocenters. The van der Waals surface area contributed by atoms with E-state index >= 15 is 0 Å². The zero-order valence-electron chi connectivity index (χ0n) is 18.8. The first kappa shape index (κ1) is 29.1. The molecule has 200 valence electrons. The van der Waals surface area contributed by atoms with Gasteiger partial charge in [-0.1, -0.05) is 16.1 Å². The highest BCUT2D eigenvalue weighted by Gasteiger charge is 2.24. The van der Waals surface area contributed by atoms with Crippen molar-refractivity contribution < 1.29 is 60.1 Å². The molecule has 0 fully saturated rings. The van der Waals surface area contributed by atoms with Gasteiger partial charge in [0.25, 0.3) is 10.1 Å². The molecule has 0 aliphatic carbocycles. The van der Waals surface area contributed by atoms with Crippen LogP contribution >= 0.6 is 24.1 Å². The predicted octanol–water partition coefficient (Wildman–Crippen LogP) is 4.73. The highest BCUT2D eigenvalue weighted by Crippen LogP contribution is 2.39. The van der Waals surface area contributed by atoms with Crippen molar-refractivity contribution in [3.63, 3.8) is 0 Å². The van der Waals surface area contributed by atoms with Crippen molar-refractivity contribution in [1.82, 2.24) is 0 Å². The SMILES string of the molecule is COc1ccc(Oc2ccc(S(=O)(=O)c3ccc(C)c(S(=O)(=O)O)c3)cc2SOOO)cc1SOOO. The summed E-state index contributed by atoms with van der Waals surface area (Å²) in [6.07, 6.45) is 0. The fourth-order valence-electron chi connectivity index (χ4n) is 2.98. The molecule has 0 heterocycles. The molecule has 0 radical (unpaired) electrons. The third-order valence-corrected chi connectivity index (χ3v) is 8.64. The lowest BCUT2D eigenvalue weighted by atomic mass is 10.2. The van der Waals surface area contributed by atoms with Crippen molar-refractivity contribution >= 4 is 44.0 Å². The Morgan fingerprint density at radius 3 is 1.92 bits per heavy atom. The molecular formula is C20H18O13S4. The van der Waals surface area contributed by atoms with E-state index in [2.05, 4.69) is 18.7 Å². The van der Waals surface area contributed by atoms with Gasteiger partial charge in [-0.3, -0.25) is 4.55 Å². The number of ether oxygens (including phenoxy) is 2. The van der Waals surface area contributed by atoms with E-state index in [0.717, 1.165) is 12.1 Å². The van der Waals surface area contributed by atoms with Crippen molar-refractivity contribution in [3.05, 3.63) is 60.2 Å². The molecule has 13 nitrogen and oxygen atoms in total. The molecule has 0 saturated carbocycles. The molecule has 0 aliphatic heterocycles. The quantitative estimate of drug-likeness (QED) is 0.113. The Morgan fingerprint density at radius 2 is 1.32 bits per heavy atom. The van der Waals surface area contributed by atoms with Gasteiger partial charge < -0.3 is 9.47 Å². The highest BCUT2D eigenvalue weighted by atomic mass is 32.2. The molecule has 37 heavy (non-hydrogen) atoms. The molecule has 0 aliphatic rings. The van der Waals surface area contributed by atoms with E-state index in [4.69, 9.17) is 20.0 Å². The van der Waals surface area contributed by atoms with E-state index < -0.39 is 29.7 Å². The molecule has 3 aromatic rings. The lowest BCUT2D eigenvalue weighted by Crippen LogP contribution is -2.07. The van der Waals surface area contributed by atoms with Gasteiger partial charge in [0.15, 0.2) is 0 Å². The Kier molecular flexibility index (Phi) is 9.78. The molecule has 0 spiro atoms. The minimum Gasteiger partial charge on any atom is -0.495 e. The van der Waals surface area contributed by atoms with E-state index in [1.807, 2.05) is 0 Å². The first-order valence-electron chi connectivity index (χ1n) is 9.64. The Balaban J connectivity index is 2.01. The van der Waals surface area contributed by atoms with Crippen molar-refractivity contribution in [2.75, 3.05) is 7.11 Å². The minimum atomic E-state index is -4.67. The van der Waals surface area contributed by atoms with Gasteiger partial charge in [-0.25, -0.2) is 18.9 Å². The maximum Gasteiger partial charge on any atom is 0.294 e. The van der Waals surface area contributed by atoms with Crippen LogP contribution in [0.1, 0.15) is 5.56 Å². The summed E-state index contributed by atoms with van der Waals surface area (Å²) in [6.45, 7) is 1.40. The average molecular weight is 595 g/mol. The molecule has 0 saturated heterocycles. The lowest BCUT2D eigenvalue weighted by Gasteiger charge is -2.14. The number of hydrogen-bond donors (Lipinski definition) is 3. The van der Waals surface area contributed by atoms with Gasteiger partial charge in [0, 0.05) is 6.07 Å². The molecule has 0 amide bonds. The molecule has 3 rings (SSSR count). The van der Waals surface area contributed by atoms with Crippen molar-refractivity contribution in [3.8, 4) is 17.2 Å². The molecule has 17 heteroatoms. The van der Waals surface area contributed by atoms with Crippen LogP contribution in [0.15, 0.2) is 79.1 Å².